The van der Waals surface area contributed by atoms with E-state index in [-0.39, 0.29) is 7.43 Å². The Morgan fingerprint density at radius 3 is 1.07 bits per heavy atom. The summed E-state index contributed by atoms with van der Waals surface area (Å²) in [4.78, 5) is 8.49. The van der Waals surface area contributed by atoms with Crippen LogP contribution in [0.15, 0.2) is 204 Å². The third kappa shape index (κ3) is 18.8. The van der Waals surface area contributed by atoms with E-state index in [1.54, 1.807) is 41.1 Å². The second kappa shape index (κ2) is 35.8. The molecule has 8 aromatic rings. The van der Waals surface area contributed by atoms with Gasteiger partial charge in [-0.1, -0.05) is 162 Å². The van der Waals surface area contributed by atoms with Crippen LogP contribution in [-0.4, -0.2) is 124 Å². The Bertz CT molecular complexity index is 3780. The fourth-order valence-corrected chi connectivity index (χ4v) is 13.9. The van der Waals surface area contributed by atoms with Crippen molar-refractivity contribution < 1.29 is 23.7 Å². The van der Waals surface area contributed by atoms with Crippen molar-refractivity contribution in [2.45, 2.75) is 58.8 Å². The predicted octanol–water partition coefficient (Wildman–Crippen LogP) is 19.2. The second-order valence-corrected chi connectivity index (χ2v) is 25.5. The molecular formula is C79H91Cl3N4O5S. The average Bonchev–Trinajstić information content (AvgIpc) is 1.21. The first kappa shape index (κ1) is 70.8. The number of thiophene rings is 1. The highest BCUT2D eigenvalue weighted by molar-refractivity contribution is 7.11. The van der Waals surface area contributed by atoms with Gasteiger partial charge in [0.1, 0.15) is 28.7 Å². The molecule has 7 aromatic carbocycles. The largest absolute Gasteiger partial charge is 0.497 e. The summed E-state index contributed by atoms with van der Waals surface area (Å²) in [6, 6.07) is 59.4. The van der Waals surface area contributed by atoms with Crippen LogP contribution >= 0.6 is 46.1 Å². The van der Waals surface area contributed by atoms with E-state index in [2.05, 4.69) is 131 Å². The molecule has 0 unspecified atom stereocenters. The van der Waals surface area contributed by atoms with Gasteiger partial charge in [0.15, 0.2) is 0 Å². The van der Waals surface area contributed by atoms with Crippen molar-refractivity contribution in [3.05, 3.63) is 262 Å². The van der Waals surface area contributed by atoms with E-state index in [1.165, 1.54) is 55.0 Å². The van der Waals surface area contributed by atoms with Crippen LogP contribution in [0.2, 0.25) is 15.1 Å². The third-order valence-corrected chi connectivity index (χ3v) is 18.9. The van der Waals surface area contributed by atoms with Crippen molar-refractivity contribution in [2.24, 2.45) is 0 Å². The number of hydrogen-bond donors (Lipinski definition) is 1. The molecule has 1 N–H and O–H groups in total. The number of piperidine rings is 4. The third-order valence-electron chi connectivity index (χ3n) is 17.3. The Morgan fingerprint density at radius 2 is 0.707 bits per heavy atom. The summed E-state index contributed by atoms with van der Waals surface area (Å²) in [7, 11) is 15.2. The second-order valence-electron chi connectivity index (χ2n) is 23.2. The highest BCUT2D eigenvalue weighted by Gasteiger charge is 2.24. The minimum atomic E-state index is 0. The molecule has 0 saturated carbocycles. The Morgan fingerprint density at radius 1 is 0.359 bits per heavy atom. The van der Waals surface area contributed by atoms with Gasteiger partial charge >= 0.3 is 0 Å². The van der Waals surface area contributed by atoms with Crippen LogP contribution in [0.4, 0.5) is 0 Å². The van der Waals surface area contributed by atoms with Crippen molar-refractivity contribution in [3.63, 3.8) is 0 Å². The molecule has 484 valence electrons. The molecule has 92 heavy (non-hydrogen) atoms. The highest BCUT2D eigenvalue weighted by atomic mass is 35.5. The first-order valence-electron chi connectivity index (χ1n) is 31.5. The molecule has 0 bridgehead atoms. The Labute approximate surface area is 567 Å². The molecule has 9 nitrogen and oxygen atoms in total. The van der Waals surface area contributed by atoms with Crippen LogP contribution in [0, 0.1) is 0 Å². The van der Waals surface area contributed by atoms with Gasteiger partial charge in [0, 0.05) is 87.0 Å². The van der Waals surface area contributed by atoms with E-state index >= 15 is 0 Å². The van der Waals surface area contributed by atoms with Crippen molar-refractivity contribution in [2.75, 3.05) is 109 Å². The Kier molecular flexibility index (Phi) is 27.5. The quantitative estimate of drug-likeness (QED) is 0.122. The molecule has 4 fully saturated rings. The number of nitrogens with one attached hydrogen (secondary N) is 1. The molecule has 12 rings (SSSR count). The Balaban J connectivity index is 0.000000158. The lowest BCUT2D eigenvalue weighted by molar-refractivity contribution is 0.313. The molecule has 0 amide bonds. The predicted molar refractivity (Wildman–Crippen MR) is 390 cm³/mol. The van der Waals surface area contributed by atoms with Gasteiger partial charge in [-0.15, -0.1) is 11.3 Å². The summed E-state index contributed by atoms with van der Waals surface area (Å²) in [5, 5.41) is 7.85. The molecule has 0 radical (unpaired) electrons. The molecule has 5 heterocycles. The van der Waals surface area contributed by atoms with E-state index in [1.807, 2.05) is 102 Å². The van der Waals surface area contributed by atoms with Gasteiger partial charge in [-0.05, 0) is 203 Å². The van der Waals surface area contributed by atoms with Crippen molar-refractivity contribution in [3.8, 4) is 28.7 Å². The minimum absolute atomic E-state index is 0. The molecule has 1 aromatic heterocycles. The van der Waals surface area contributed by atoms with Crippen LogP contribution in [0.3, 0.4) is 0 Å². The number of rotatable bonds is 13. The first-order valence-corrected chi connectivity index (χ1v) is 33.5. The van der Waals surface area contributed by atoms with E-state index in [0.29, 0.717) is 0 Å². The van der Waals surface area contributed by atoms with Gasteiger partial charge in [0.2, 0.25) is 0 Å². The molecule has 0 atom stereocenters. The number of halogens is 3. The zero-order valence-electron chi connectivity index (χ0n) is 54.1. The SMILES string of the molecule is C.COc1ccc(OC)c(C(=C2CCN(C)CC2)c2cccc(Cl)c2)c1.COc1ccccc1C(=C1CCN(C)CC1)c1cccc(Cl)c1.COc1ccccc1C(=C1CCN(C)CC1)c1cccs1.COc1ccccc1C(=C1CCNCC1)c1cccc(Cl)c1. The van der Waals surface area contributed by atoms with Gasteiger partial charge in [0.25, 0.3) is 0 Å². The lowest BCUT2D eigenvalue weighted by atomic mass is 9.88. The summed E-state index contributed by atoms with van der Waals surface area (Å²) < 4.78 is 27.9. The summed E-state index contributed by atoms with van der Waals surface area (Å²) in [6.45, 7) is 8.63. The number of nitrogens with zero attached hydrogens (tertiary/aromatic N) is 3. The van der Waals surface area contributed by atoms with Crippen LogP contribution in [0.25, 0.3) is 22.3 Å². The summed E-state index contributed by atoms with van der Waals surface area (Å²) in [5.74, 6) is 4.45. The maximum absolute atomic E-state index is 6.28. The number of ether oxygens (including phenoxy) is 5. The van der Waals surface area contributed by atoms with E-state index in [0.717, 1.165) is 175 Å². The molecule has 13 heteroatoms. The fourth-order valence-electron chi connectivity index (χ4n) is 12.5. The number of benzene rings is 7. The maximum atomic E-state index is 6.28. The monoisotopic (exact) mass is 1310 g/mol. The number of likely N-dealkylation sites (tertiary alicyclic amines) is 3. The lowest BCUT2D eigenvalue weighted by Gasteiger charge is -2.27. The number of para-hydroxylation sites is 3. The van der Waals surface area contributed by atoms with Gasteiger partial charge in [-0.25, -0.2) is 0 Å². The van der Waals surface area contributed by atoms with Crippen molar-refractivity contribution in [1.82, 2.24) is 20.0 Å². The molecule has 0 aliphatic carbocycles. The van der Waals surface area contributed by atoms with Crippen LogP contribution in [0.5, 0.6) is 28.7 Å². The molecule has 4 aliphatic rings. The van der Waals surface area contributed by atoms with E-state index in [9.17, 15) is 0 Å². The summed E-state index contributed by atoms with van der Waals surface area (Å²) >= 11 is 20.6. The maximum Gasteiger partial charge on any atom is 0.126 e. The lowest BCUT2D eigenvalue weighted by Crippen LogP contribution is -2.27. The highest BCUT2D eigenvalue weighted by Crippen LogP contribution is 2.43. The van der Waals surface area contributed by atoms with Crippen LogP contribution < -0.4 is 29.0 Å². The average molecular weight is 1320 g/mol. The van der Waals surface area contributed by atoms with Crippen molar-refractivity contribution >= 4 is 68.4 Å². The molecule has 0 spiro atoms. The van der Waals surface area contributed by atoms with Crippen molar-refractivity contribution in [1.29, 1.82) is 0 Å². The van der Waals surface area contributed by atoms with Gasteiger partial charge in [-0.3, -0.25) is 0 Å². The molecular weight excluding hydrogens is 1220 g/mol. The minimum Gasteiger partial charge on any atom is -0.497 e. The molecule has 4 aliphatic heterocycles. The first-order chi connectivity index (χ1) is 44.4. The molecule has 4 saturated heterocycles. The fraction of sp³-hybridized carbons (Fsp3) is 0.316. The summed E-state index contributed by atoms with van der Waals surface area (Å²) in [6.07, 6.45) is 8.63. The topological polar surface area (TPSA) is 67.9 Å². The van der Waals surface area contributed by atoms with Gasteiger partial charge in [0.05, 0.1) is 35.5 Å². The zero-order chi connectivity index (χ0) is 64.1. The normalized spacial score (nSPS) is 15.2. The van der Waals surface area contributed by atoms with E-state index in [4.69, 9.17) is 58.5 Å². The van der Waals surface area contributed by atoms with Gasteiger partial charge in [-0.2, -0.15) is 0 Å². The number of hydrogen-bond acceptors (Lipinski definition) is 10. The smallest absolute Gasteiger partial charge is 0.126 e. The van der Waals surface area contributed by atoms with Gasteiger partial charge < -0.3 is 43.7 Å². The van der Waals surface area contributed by atoms with E-state index < -0.39 is 0 Å². The number of methoxy groups -OCH3 is 5. The van der Waals surface area contributed by atoms with Crippen LogP contribution in [0.1, 0.15) is 103 Å². The standard InChI is InChI=1S/C21H24ClNO2.C20H22ClNO.C19H20ClNO.C18H21NOS.CH4/c1-23-11-9-15(10-12-23)21(16-5-4-6-17(22)13-16)19-14-18(24-2)7-8-20(19)25-3;1-22-12-10-15(11-13-22)20(16-6-5-7-17(21)14-16)18-8-3-4-9-19(18)23-2;1-22-18-8-3-2-7-17(18)19(14-9-11-21-12-10-14)15-5-4-6-16(20)13-15;1-19-11-9-14(10-12-19)18(17-8-5-13-21-17)15-6-3-4-7-16(15)20-2;/h4-8,13-14H,9-12H2,1-3H3;3-9,14H,10-13H2,1-2H3;2-8,13,21H,9-12H2,1H3;3-8,13H,9-12H2,1-2H3;1H4. The Hall–Kier alpha value is -7.09. The zero-order valence-corrected chi connectivity index (χ0v) is 57.1. The van der Waals surface area contributed by atoms with Crippen LogP contribution in [-0.2, 0) is 0 Å². The summed E-state index contributed by atoms with van der Waals surface area (Å²) in [5.41, 5.74) is 19.1.